The Labute approximate surface area is 150 Å². The molecule has 6 nitrogen and oxygen atoms in total. The van der Waals surface area contributed by atoms with Crippen molar-refractivity contribution in [2.24, 2.45) is 0 Å². The van der Waals surface area contributed by atoms with E-state index in [2.05, 4.69) is 5.32 Å². The lowest BCUT2D eigenvalue weighted by atomic mass is 10.2. The van der Waals surface area contributed by atoms with Crippen LogP contribution in [0.4, 0.5) is 0 Å². The van der Waals surface area contributed by atoms with Crippen molar-refractivity contribution in [1.82, 2.24) is 14.5 Å². The molecule has 0 bridgehead atoms. The van der Waals surface area contributed by atoms with Crippen LogP contribution >= 0.6 is 0 Å². The molecular weight excluding hydrogens is 338 g/mol. The Bertz CT molecular complexity index is 689. The number of piperazine rings is 1. The molecule has 25 heavy (non-hydrogen) atoms. The second kappa shape index (κ2) is 7.85. The molecule has 1 aromatic rings. The first-order chi connectivity index (χ1) is 11.9. The van der Waals surface area contributed by atoms with Crippen LogP contribution in [-0.4, -0.2) is 62.3 Å². The lowest BCUT2D eigenvalue weighted by Crippen LogP contribution is -2.51. The molecule has 3 rings (SSSR count). The summed E-state index contributed by atoms with van der Waals surface area (Å²) in [5, 5.41) is 3.09. The van der Waals surface area contributed by atoms with Crippen molar-refractivity contribution in [3.63, 3.8) is 0 Å². The van der Waals surface area contributed by atoms with E-state index in [4.69, 9.17) is 0 Å². The van der Waals surface area contributed by atoms with Gasteiger partial charge in [-0.05, 0) is 31.9 Å². The Hall–Kier alpha value is -1.44. The van der Waals surface area contributed by atoms with Crippen LogP contribution in [0.25, 0.3) is 0 Å². The Morgan fingerprint density at radius 2 is 1.68 bits per heavy atom. The monoisotopic (exact) mass is 365 g/mol. The minimum atomic E-state index is -3.44. The normalized spacial score (nSPS) is 20.7. The predicted molar refractivity (Wildman–Crippen MR) is 96.8 cm³/mol. The van der Waals surface area contributed by atoms with Crippen LogP contribution in [-0.2, 0) is 14.8 Å². The van der Waals surface area contributed by atoms with E-state index in [0.29, 0.717) is 43.7 Å². The first-order valence-corrected chi connectivity index (χ1v) is 10.5. The number of hydrogen-bond acceptors (Lipinski definition) is 4. The number of carbonyl (C=O) groups is 1. The summed E-state index contributed by atoms with van der Waals surface area (Å²) in [6.07, 6.45) is 4.55. The van der Waals surface area contributed by atoms with Crippen LogP contribution in [0.3, 0.4) is 0 Å². The van der Waals surface area contributed by atoms with Gasteiger partial charge < -0.3 is 5.32 Å². The summed E-state index contributed by atoms with van der Waals surface area (Å²) >= 11 is 0. The van der Waals surface area contributed by atoms with Crippen molar-refractivity contribution < 1.29 is 13.2 Å². The molecule has 1 amide bonds. The molecule has 0 radical (unpaired) electrons. The van der Waals surface area contributed by atoms with Gasteiger partial charge in [0.1, 0.15) is 0 Å². The maximum atomic E-state index is 12.7. The summed E-state index contributed by atoms with van der Waals surface area (Å²) < 4.78 is 26.9. The molecule has 0 atom stereocenters. The molecule has 1 saturated heterocycles. The van der Waals surface area contributed by atoms with Crippen molar-refractivity contribution >= 4 is 15.9 Å². The highest BCUT2D eigenvalue weighted by atomic mass is 32.2. The average molecular weight is 365 g/mol. The van der Waals surface area contributed by atoms with Crippen molar-refractivity contribution in [3.8, 4) is 0 Å². The van der Waals surface area contributed by atoms with Gasteiger partial charge in [0.25, 0.3) is 0 Å². The summed E-state index contributed by atoms with van der Waals surface area (Å²) in [7, 11) is -3.44. The number of carbonyl (C=O) groups excluding carboxylic acids is 1. The number of nitrogens with one attached hydrogen (secondary N) is 1. The van der Waals surface area contributed by atoms with Gasteiger partial charge in [0.05, 0.1) is 11.4 Å². The first kappa shape index (κ1) is 18.4. The van der Waals surface area contributed by atoms with Crippen LogP contribution < -0.4 is 5.32 Å². The summed E-state index contributed by atoms with van der Waals surface area (Å²) in [6.45, 7) is 4.31. The molecule has 0 spiro atoms. The van der Waals surface area contributed by atoms with Gasteiger partial charge in [-0.15, -0.1) is 0 Å². The third-order valence-corrected chi connectivity index (χ3v) is 6.99. The molecule has 1 heterocycles. The van der Waals surface area contributed by atoms with Crippen LogP contribution in [0.1, 0.15) is 31.2 Å². The second-order valence-electron chi connectivity index (χ2n) is 7.04. The zero-order valence-electron chi connectivity index (χ0n) is 14.8. The highest BCUT2D eigenvalue weighted by Gasteiger charge is 2.29. The third kappa shape index (κ3) is 4.59. The van der Waals surface area contributed by atoms with Crippen molar-refractivity contribution in [1.29, 1.82) is 0 Å². The minimum absolute atomic E-state index is 0.0572. The number of amides is 1. The molecule has 0 aromatic heterocycles. The standard InChI is InChI=1S/C18H27N3O3S/c1-15-6-8-17(9-7-15)25(23,24)21-12-10-20(11-13-21)14-18(22)19-16-4-2-3-5-16/h6-9,16H,2-5,10-14H2,1H3,(H,19,22). The highest BCUT2D eigenvalue weighted by Crippen LogP contribution is 2.19. The van der Waals surface area contributed by atoms with E-state index in [1.165, 1.54) is 17.1 Å². The number of nitrogens with zero attached hydrogens (tertiary/aromatic N) is 2. The minimum Gasteiger partial charge on any atom is -0.352 e. The third-order valence-electron chi connectivity index (χ3n) is 5.08. The fourth-order valence-corrected chi connectivity index (χ4v) is 4.96. The second-order valence-corrected chi connectivity index (χ2v) is 8.98. The maximum Gasteiger partial charge on any atom is 0.243 e. The quantitative estimate of drug-likeness (QED) is 0.855. The fraction of sp³-hybridized carbons (Fsp3) is 0.611. The molecule has 1 aromatic carbocycles. The number of sulfonamides is 1. The lowest BCUT2D eigenvalue weighted by molar-refractivity contribution is -0.123. The summed E-state index contributed by atoms with van der Waals surface area (Å²) in [6, 6.07) is 7.28. The van der Waals surface area contributed by atoms with E-state index in [0.717, 1.165) is 18.4 Å². The molecule has 2 fully saturated rings. The predicted octanol–water partition coefficient (Wildman–Crippen LogP) is 1.36. The Balaban J connectivity index is 1.51. The molecule has 0 unspecified atom stereocenters. The van der Waals surface area contributed by atoms with Crippen LogP contribution in [0.5, 0.6) is 0 Å². The van der Waals surface area contributed by atoms with Gasteiger partial charge in [0.15, 0.2) is 0 Å². The zero-order chi connectivity index (χ0) is 17.9. The number of rotatable bonds is 5. The van der Waals surface area contributed by atoms with E-state index in [1.54, 1.807) is 12.1 Å². The molecule has 1 aliphatic heterocycles. The average Bonchev–Trinajstić information content (AvgIpc) is 3.08. The van der Waals surface area contributed by atoms with Crippen molar-refractivity contribution in [2.75, 3.05) is 32.7 Å². The summed E-state index contributed by atoms with van der Waals surface area (Å²) in [4.78, 5) is 14.5. The largest absolute Gasteiger partial charge is 0.352 e. The SMILES string of the molecule is Cc1ccc(S(=O)(=O)N2CCN(CC(=O)NC3CCCC3)CC2)cc1. The van der Waals surface area contributed by atoms with Gasteiger partial charge in [-0.2, -0.15) is 4.31 Å². The smallest absolute Gasteiger partial charge is 0.243 e. The van der Waals surface area contributed by atoms with Crippen molar-refractivity contribution in [2.45, 2.75) is 43.5 Å². The van der Waals surface area contributed by atoms with Gasteiger partial charge in [-0.1, -0.05) is 30.5 Å². The van der Waals surface area contributed by atoms with Gasteiger partial charge in [-0.25, -0.2) is 8.42 Å². The zero-order valence-corrected chi connectivity index (χ0v) is 15.6. The highest BCUT2D eigenvalue weighted by molar-refractivity contribution is 7.89. The molecule has 2 aliphatic rings. The fourth-order valence-electron chi connectivity index (χ4n) is 3.53. The van der Waals surface area contributed by atoms with E-state index in [-0.39, 0.29) is 5.91 Å². The Kier molecular flexibility index (Phi) is 5.76. The molecule has 1 N–H and O–H groups in total. The van der Waals surface area contributed by atoms with Gasteiger partial charge in [0.2, 0.25) is 15.9 Å². The van der Waals surface area contributed by atoms with Gasteiger partial charge in [-0.3, -0.25) is 9.69 Å². The molecule has 1 aliphatic carbocycles. The molecular formula is C18H27N3O3S. The lowest BCUT2D eigenvalue weighted by Gasteiger charge is -2.33. The molecule has 138 valence electrons. The van der Waals surface area contributed by atoms with E-state index >= 15 is 0 Å². The summed E-state index contributed by atoms with van der Waals surface area (Å²) in [5.41, 5.74) is 1.04. The number of hydrogen-bond donors (Lipinski definition) is 1. The maximum absolute atomic E-state index is 12.7. The van der Waals surface area contributed by atoms with Gasteiger partial charge >= 0.3 is 0 Å². The van der Waals surface area contributed by atoms with E-state index < -0.39 is 10.0 Å². The van der Waals surface area contributed by atoms with E-state index in [1.807, 2.05) is 24.0 Å². The first-order valence-electron chi connectivity index (χ1n) is 9.04. The van der Waals surface area contributed by atoms with Crippen LogP contribution in [0.15, 0.2) is 29.2 Å². The van der Waals surface area contributed by atoms with E-state index in [9.17, 15) is 13.2 Å². The topological polar surface area (TPSA) is 69.7 Å². The number of benzene rings is 1. The molecule has 7 heteroatoms. The summed E-state index contributed by atoms with van der Waals surface area (Å²) in [5.74, 6) is 0.0572. The van der Waals surface area contributed by atoms with Gasteiger partial charge in [0, 0.05) is 32.2 Å². The number of aryl methyl sites for hydroxylation is 1. The Morgan fingerprint density at radius 1 is 1.08 bits per heavy atom. The van der Waals surface area contributed by atoms with Crippen LogP contribution in [0, 0.1) is 6.92 Å². The van der Waals surface area contributed by atoms with Crippen molar-refractivity contribution in [3.05, 3.63) is 29.8 Å². The van der Waals surface area contributed by atoms with Crippen LogP contribution in [0.2, 0.25) is 0 Å². The molecule has 1 saturated carbocycles. The Morgan fingerprint density at radius 3 is 2.28 bits per heavy atom.